The zero-order valence-corrected chi connectivity index (χ0v) is 20.5. The van der Waals surface area contributed by atoms with Crippen molar-refractivity contribution < 1.29 is 22.7 Å². The van der Waals surface area contributed by atoms with Crippen LogP contribution in [0.3, 0.4) is 0 Å². The molecule has 0 radical (unpaired) electrons. The van der Waals surface area contributed by atoms with E-state index in [-0.39, 0.29) is 23.8 Å². The Balaban J connectivity index is 1.19. The monoisotopic (exact) mass is 498 g/mol. The number of nitrogens with zero attached hydrogens (tertiary/aromatic N) is 2. The van der Waals surface area contributed by atoms with Crippen LogP contribution in [0.25, 0.3) is 5.69 Å². The molecule has 0 atom stereocenters. The molecule has 0 saturated heterocycles. The molecule has 0 aliphatic carbocycles. The van der Waals surface area contributed by atoms with Gasteiger partial charge in [0.05, 0.1) is 29.5 Å². The van der Waals surface area contributed by atoms with Crippen LogP contribution in [0.4, 0.5) is 0 Å². The van der Waals surface area contributed by atoms with Crippen molar-refractivity contribution in [2.45, 2.75) is 37.5 Å². The van der Waals surface area contributed by atoms with Crippen LogP contribution in [-0.4, -0.2) is 50.4 Å². The zero-order valence-electron chi connectivity index (χ0n) is 19.7. The zero-order chi connectivity index (χ0) is 24.7. The predicted octanol–water partition coefficient (Wildman–Crippen LogP) is 2.76. The number of amides is 1. The first-order chi connectivity index (χ1) is 16.9. The molecule has 1 aromatic heterocycles. The Bertz CT molecular complexity index is 1260. The number of ether oxygens (including phenoxy) is 2. The molecule has 4 rings (SSSR count). The molecule has 10 heteroatoms. The highest BCUT2D eigenvalue weighted by molar-refractivity contribution is 7.89. The van der Waals surface area contributed by atoms with Gasteiger partial charge in [-0.25, -0.2) is 17.8 Å². The fourth-order valence-electron chi connectivity index (χ4n) is 3.74. The molecular formula is C25H30N4O5S. The Morgan fingerprint density at radius 1 is 1.06 bits per heavy atom. The van der Waals surface area contributed by atoms with Gasteiger partial charge in [-0.1, -0.05) is 18.2 Å². The summed E-state index contributed by atoms with van der Waals surface area (Å²) in [6.07, 6.45) is 4.35. The fraction of sp³-hybridized carbons (Fsp3) is 0.360. The minimum absolute atomic E-state index is 0.00552. The van der Waals surface area contributed by atoms with Crippen molar-refractivity contribution in [2.24, 2.45) is 0 Å². The lowest BCUT2D eigenvalue weighted by molar-refractivity contribution is -0.120. The van der Waals surface area contributed by atoms with E-state index in [9.17, 15) is 13.2 Å². The number of para-hydroxylation sites is 1. The minimum Gasteiger partial charge on any atom is -0.490 e. The van der Waals surface area contributed by atoms with Gasteiger partial charge in [0.1, 0.15) is 0 Å². The fourth-order valence-corrected chi connectivity index (χ4v) is 4.79. The molecule has 0 spiro atoms. The van der Waals surface area contributed by atoms with Gasteiger partial charge < -0.3 is 14.8 Å². The van der Waals surface area contributed by atoms with Crippen molar-refractivity contribution in [1.82, 2.24) is 19.8 Å². The molecule has 1 aliphatic heterocycles. The number of aryl methyl sites for hydroxylation is 2. The lowest BCUT2D eigenvalue weighted by atomic mass is 10.1. The van der Waals surface area contributed by atoms with Crippen molar-refractivity contribution in [2.75, 3.05) is 26.3 Å². The molecule has 0 saturated carbocycles. The molecule has 186 valence electrons. The van der Waals surface area contributed by atoms with Gasteiger partial charge in [-0.3, -0.25) is 4.79 Å². The second-order valence-electron chi connectivity index (χ2n) is 8.28. The Hall–Kier alpha value is -3.37. The lowest BCUT2D eigenvalue weighted by Crippen LogP contribution is -2.31. The third-order valence-electron chi connectivity index (χ3n) is 5.64. The first-order valence-electron chi connectivity index (χ1n) is 11.7. The van der Waals surface area contributed by atoms with Gasteiger partial charge in [-0.15, -0.1) is 0 Å². The van der Waals surface area contributed by atoms with E-state index in [1.54, 1.807) is 6.07 Å². The number of hydrogen-bond acceptors (Lipinski definition) is 6. The van der Waals surface area contributed by atoms with E-state index >= 15 is 0 Å². The number of hydrogen-bond donors (Lipinski definition) is 2. The van der Waals surface area contributed by atoms with Crippen molar-refractivity contribution >= 4 is 15.9 Å². The van der Waals surface area contributed by atoms with Crippen LogP contribution >= 0.6 is 0 Å². The van der Waals surface area contributed by atoms with Crippen LogP contribution in [0.2, 0.25) is 0 Å². The molecule has 2 aromatic carbocycles. The van der Waals surface area contributed by atoms with Crippen LogP contribution in [0.1, 0.15) is 30.5 Å². The predicted molar refractivity (Wildman–Crippen MR) is 131 cm³/mol. The Kier molecular flexibility index (Phi) is 8.04. The van der Waals surface area contributed by atoms with E-state index in [0.29, 0.717) is 31.3 Å². The van der Waals surface area contributed by atoms with Gasteiger partial charge in [-0.05, 0) is 49.6 Å². The molecule has 1 aliphatic rings. The Labute approximate surface area is 205 Å². The van der Waals surface area contributed by atoms with Gasteiger partial charge in [-0.2, -0.15) is 5.10 Å². The highest BCUT2D eigenvalue weighted by atomic mass is 32.2. The van der Waals surface area contributed by atoms with Crippen molar-refractivity contribution in [3.63, 3.8) is 0 Å². The normalized spacial score (nSPS) is 13.3. The molecule has 2 N–H and O–H groups in total. The topological polar surface area (TPSA) is 112 Å². The summed E-state index contributed by atoms with van der Waals surface area (Å²) in [6, 6.07) is 14.4. The van der Waals surface area contributed by atoms with Crippen molar-refractivity contribution in [3.05, 3.63) is 66.0 Å². The third-order valence-corrected chi connectivity index (χ3v) is 7.10. The number of rotatable bonds is 10. The lowest BCUT2D eigenvalue weighted by Gasteiger charge is -2.11. The SMILES string of the molecule is Cc1nn(-c2ccccc2)cc1CCCNC(=O)CCNS(=O)(=O)c1ccc2c(c1)OCCCO2. The summed E-state index contributed by atoms with van der Waals surface area (Å²) in [7, 11) is -3.76. The number of carbonyl (C=O) groups is 1. The van der Waals surface area contributed by atoms with E-state index in [4.69, 9.17) is 9.47 Å². The maximum absolute atomic E-state index is 12.6. The largest absolute Gasteiger partial charge is 0.490 e. The molecule has 3 aromatic rings. The van der Waals surface area contributed by atoms with E-state index in [1.165, 1.54) is 12.1 Å². The first-order valence-corrected chi connectivity index (χ1v) is 13.2. The average Bonchev–Trinajstić information content (AvgIpc) is 3.06. The summed E-state index contributed by atoms with van der Waals surface area (Å²) >= 11 is 0. The van der Waals surface area contributed by atoms with Crippen LogP contribution in [0.15, 0.2) is 59.6 Å². The maximum Gasteiger partial charge on any atom is 0.240 e. The highest BCUT2D eigenvalue weighted by Gasteiger charge is 2.19. The van der Waals surface area contributed by atoms with Crippen LogP contribution in [0, 0.1) is 6.92 Å². The molecule has 0 unspecified atom stereocenters. The van der Waals surface area contributed by atoms with Gasteiger partial charge in [0, 0.05) is 38.2 Å². The van der Waals surface area contributed by atoms with E-state index in [0.717, 1.165) is 36.2 Å². The quantitative estimate of drug-likeness (QED) is 0.416. The Morgan fingerprint density at radius 3 is 2.63 bits per heavy atom. The van der Waals surface area contributed by atoms with Gasteiger partial charge in [0.15, 0.2) is 11.5 Å². The summed E-state index contributed by atoms with van der Waals surface area (Å²) < 4.78 is 40.6. The summed E-state index contributed by atoms with van der Waals surface area (Å²) in [5, 5.41) is 7.41. The van der Waals surface area contributed by atoms with E-state index in [1.807, 2.05) is 48.1 Å². The maximum atomic E-state index is 12.6. The average molecular weight is 499 g/mol. The number of aromatic nitrogens is 2. The van der Waals surface area contributed by atoms with Gasteiger partial charge >= 0.3 is 0 Å². The van der Waals surface area contributed by atoms with Crippen molar-refractivity contribution in [3.8, 4) is 17.2 Å². The van der Waals surface area contributed by atoms with Crippen LogP contribution < -0.4 is 19.5 Å². The summed E-state index contributed by atoms with van der Waals surface area (Å²) in [4.78, 5) is 12.2. The summed E-state index contributed by atoms with van der Waals surface area (Å²) in [5.41, 5.74) is 3.10. The van der Waals surface area contributed by atoms with Crippen LogP contribution in [-0.2, 0) is 21.2 Å². The number of carbonyl (C=O) groups excluding carboxylic acids is 1. The number of nitrogens with one attached hydrogen (secondary N) is 2. The molecule has 9 nitrogen and oxygen atoms in total. The second-order valence-corrected chi connectivity index (χ2v) is 10.0. The molecule has 1 amide bonds. The molecule has 0 bridgehead atoms. The first kappa shape index (κ1) is 24.7. The molecular weight excluding hydrogens is 468 g/mol. The minimum atomic E-state index is -3.76. The number of sulfonamides is 1. The van der Waals surface area contributed by atoms with Gasteiger partial charge in [0.2, 0.25) is 15.9 Å². The standard InChI is InChI=1S/C25H30N4O5S/c1-19-20(18-29(28-19)21-8-3-2-4-9-21)7-5-13-26-25(30)12-14-27-35(31,32)22-10-11-23-24(17-22)34-16-6-15-33-23/h2-4,8-11,17-18,27H,5-7,12-16H2,1H3,(H,26,30). The van der Waals surface area contributed by atoms with E-state index in [2.05, 4.69) is 15.1 Å². The highest BCUT2D eigenvalue weighted by Crippen LogP contribution is 2.31. The molecule has 2 heterocycles. The van der Waals surface area contributed by atoms with Crippen LogP contribution in [0.5, 0.6) is 11.5 Å². The van der Waals surface area contributed by atoms with E-state index < -0.39 is 10.0 Å². The second kappa shape index (κ2) is 11.4. The summed E-state index contributed by atoms with van der Waals surface area (Å²) in [6.45, 7) is 3.49. The molecule has 35 heavy (non-hydrogen) atoms. The third kappa shape index (κ3) is 6.61. The number of benzene rings is 2. The van der Waals surface area contributed by atoms with Crippen molar-refractivity contribution in [1.29, 1.82) is 0 Å². The smallest absolute Gasteiger partial charge is 0.240 e. The molecule has 0 fully saturated rings. The summed E-state index contributed by atoms with van der Waals surface area (Å²) in [5.74, 6) is 0.735. The number of fused-ring (bicyclic) bond motifs is 1. The Morgan fingerprint density at radius 2 is 1.83 bits per heavy atom. The van der Waals surface area contributed by atoms with Gasteiger partial charge in [0.25, 0.3) is 0 Å².